The standard InChI is InChI=1S/C23H31BrN2O3S/c1-3-22(27)26-5-4-18-9-19(24)21(10-20(18)26)30(28,29)25-14(2)23-11-15-6-16(12-23)8-17(7-15)13-23/h9-10,14-17,25H,3-8,11-13H2,1-2H3. The van der Waals surface area contributed by atoms with Gasteiger partial charge in [0.25, 0.3) is 0 Å². The molecule has 1 N–H and O–H groups in total. The second kappa shape index (κ2) is 7.31. The largest absolute Gasteiger partial charge is 0.312 e. The van der Waals surface area contributed by atoms with Crippen LogP contribution in [0.15, 0.2) is 21.5 Å². The number of amides is 1. The molecule has 1 amide bonds. The summed E-state index contributed by atoms with van der Waals surface area (Å²) in [6, 6.07) is 3.49. The zero-order chi connectivity index (χ0) is 21.3. The number of anilines is 1. The lowest BCUT2D eigenvalue weighted by Gasteiger charge is -2.59. The Morgan fingerprint density at radius 2 is 1.80 bits per heavy atom. The van der Waals surface area contributed by atoms with Gasteiger partial charge in [-0.3, -0.25) is 4.79 Å². The zero-order valence-electron chi connectivity index (χ0n) is 17.8. The van der Waals surface area contributed by atoms with Gasteiger partial charge in [0.2, 0.25) is 15.9 Å². The Morgan fingerprint density at radius 1 is 1.20 bits per heavy atom. The van der Waals surface area contributed by atoms with Gasteiger partial charge >= 0.3 is 0 Å². The molecule has 4 bridgehead atoms. The molecule has 0 aromatic heterocycles. The summed E-state index contributed by atoms with van der Waals surface area (Å²) in [5.41, 5.74) is 1.87. The maximum Gasteiger partial charge on any atom is 0.242 e. The van der Waals surface area contributed by atoms with E-state index in [-0.39, 0.29) is 22.3 Å². The fourth-order valence-corrected chi connectivity index (χ4v) is 9.63. The van der Waals surface area contributed by atoms with E-state index in [1.54, 1.807) is 11.0 Å². The van der Waals surface area contributed by atoms with Crippen LogP contribution in [0.1, 0.15) is 64.4 Å². The summed E-state index contributed by atoms with van der Waals surface area (Å²) in [4.78, 5) is 14.3. The molecule has 1 atom stereocenters. The molecule has 5 nitrogen and oxygen atoms in total. The summed E-state index contributed by atoms with van der Waals surface area (Å²) < 4.78 is 30.6. The number of hydrogen-bond acceptors (Lipinski definition) is 3. The van der Waals surface area contributed by atoms with Crippen LogP contribution in [0.25, 0.3) is 0 Å². The first-order valence-electron chi connectivity index (χ1n) is 11.4. The van der Waals surface area contributed by atoms with Crippen LogP contribution in [0, 0.1) is 23.2 Å². The van der Waals surface area contributed by atoms with Gasteiger partial charge in [-0.25, -0.2) is 13.1 Å². The number of sulfonamides is 1. The smallest absolute Gasteiger partial charge is 0.242 e. The summed E-state index contributed by atoms with van der Waals surface area (Å²) in [5.74, 6) is 2.38. The zero-order valence-corrected chi connectivity index (χ0v) is 20.2. The van der Waals surface area contributed by atoms with Crippen LogP contribution < -0.4 is 9.62 Å². The normalized spacial score (nSPS) is 33.0. The van der Waals surface area contributed by atoms with E-state index in [2.05, 4.69) is 27.6 Å². The molecule has 1 aliphatic heterocycles. The van der Waals surface area contributed by atoms with E-state index in [0.717, 1.165) is 54.7 Å². The Morgan fingerprint density at radius 3 is 2.37 bits per heavy atom. The van der Waals surface area contributed by atoms with Crippen molar-refractivity contribution in [3.05, 3.63) is 22.2 Å². The Bertz CT molecular complexity index is 955. The highest BCUT2D eigenvalue weighted by Crippen LogP contribution is 2.61. The van der Waals surface area contributed by atoms with E-state index in [0.29, 0.717) is 17.4 Å². The summed E-state index contributed by atoms with van der Waals surface area (Å²) in [6.45, 7) is 4.53. The van der Waals surface area contributed by atoms with Gasteiger partial charge < -0.3 is 4.90 Å². The van der Waals surface area contributed by atoms with Gasteiger partial charge in [-0.15, -0.1) is 0 Å². The van der Waals surface area contributed by atoms with Crippen LogP contribution in [0.3, 0.4) is 0 Å². The molecule has 1 aromatic rings. The third kappa shape index (κ3) is 3.36. The number of carbonyl (C=O) groups is 1. The topological polar surface area (TPSA) is 66.5 Å². The fourth-order valence-electron chi connectivity index (χ4n) is 7.17. The highest BCUT2D eigenvalue weighted by molar-refractivity contribution is 9.10. The van der Waals surface area contributed by atoms with Gasteiger partial charge in [-0.05, 0) is 109 Å². The van der Waals surface area contributed by atoms with Crippen molar-refractivity contribution in [3.63, 3.8) is 0 Å². The van der Waals surface area contributed by atoms with Crippen molar-refractivity contribution in [2.24, 2.45) is 23.2 Å². The number of rotatable bonds is 5. The van der Waals surface area contributed by atoms with E-state index in [1.807, 2.05) is 13.0 Å². The van der Waals surface area contributed by atoms with Gasteiger partial charge in [0.05, 0.1) is 4.90 Å². The minimum atomic E-state index is -3.70. The molecule has 0 radical (unpaired) electrons. The Balaban J connectivity index is 1.43. The van der Waals surface area contributed by atoms with Crippen molar-refractivity contribution in [2.75, 3.05) is 11.4 Å². The first kappa shape index (κ1) is 21.0. The van der Waals surface area contributed by atoms with Crippen molar-refractivity contribution in [3.8, 4) is 0 Å². The van der Waals surface area contributed by atoms with E-state index < -0.39 is 10.0 Å². The van der Waals surface area contributed by atoms with Crippen LogP contribution in [0.5, 0.6) is 0 Å². The first-order valence-corrected chi connectivity index (χ1v) is 13.6. The first-order chi connectivity index (χ1) is 14.2. The Kier molecular flexibility index (Phi) is 5.10. The minimum Gasteiger partial charge on any atom is -0.312 e. The van der Waals surface area contributed by atoms with Crippen LogP contribution in [0.4, 0.5) is 5.69 Å². The molecule has 0 saturated heterocycles. The molecule has 4 aliphatic carbocycles. The number of nitrogens with one attached hydrogen (secondary N) is 1. The van der Waals surface area contributed by atoms with E-state index in [1.165, 1.54) is 19.3 Å². The van der Waals surface area contributed by atoms with Crippen LogP contribution >= 0.6 is 15.9 Å². The molecule has 7 heteroatoms. The van der Waals surface area contributed by atoms with Crippen molar-refractivity contribution < 1.29 is 13.2 Å². The van der Waals surface area contributed by atoms with E-state index >= 15 is 0 Å². The van der Waals surface area contributed by atoms with Crippen LogP contribution in [-0.4, -0.2) is 26.9 Å². The molecule has 4 saturated carbocycles. The molecule has 1 aromatic carbocycles. The average molecular weight is 495 g/mol. The molecule has 164 valence electrons. The molecule has 1 unspecified atom stereocenters. The Labute approximate surface area is 188 Å². The minimum absolute atomic E-state index is 0.0364. The fraction of sp³-hybridized carbons (Fsp3) is 0.696. The van der Waals surface area contributed by atoms with Gasteiger partial charge in [-0.1, -0.05) is 6.92 Å². The number of nitrogens with zero attached hydrogens (tertiary/aromatic N) is 1. The molecular weight excluding hydrogens is 464 g/mol. The predicted molar refractivity (Wildman–Crippen MR) is 121 cm³/mol. The van der Waals surface area contributed by atoms with Crippen LogP contribution in [-0.2, 0) is 21.2 Å². The van der Waals surface area contributed by atoms with E-state index in [4.69, 9.17) is 0 Å². The summed E-state index contributed by atoms with van der Waals surface area (Å²) >= 11 is 3.49. The highest BCUT2D eigenvalue weighted by Gasteiger charge is 2.53. The van der Waals surface area contributed by atoms with Crippen LogP contribution in [0.2, 0.25) is 0 Å². The van der Waals surface area contributed by atoms with Gasteiger partial charge in [0.15, 0.2) is 0 Å². The summed E-state index contributed by atoms with van der Waals surface area (Å²) in [7, 11) is -3.70. The maximum atomic E-state index is 13.5. The third-order valence-electron chi connectivity index (χ3n) is 8.26. The number of hydrogen-bond donors (Lipinski definition) is 1. The molecular formula is C23H31BrN2O3S. The van der Waals surface area contributed by atoms with Gasteiger partial charge in [-0.2, -0.15) is 0 Å². The van der Waals surface area contributed by atoms with E-state index in [9.17, 15) is 13.2 Å². The number of benzene rings is 1. The quantitative estimate of drug-likeness (QED) is 0.648. The number of fused-ring (bicyclic) bond motifs is 1. The molecule has 30 heavy (non-hydrogen) atoms. The SMILES string of the molecule is CCC(=O)N1CCc2cc(Br)c(S(=O)(=O)NC(C)C34CC5CC(CC(C5)C3)C4)cc21. The third-order valence-corrected chi connectivity index (χ3v) is 10.8. The molecule has 0 spiro atoms. The monoisotopic (exact) mass is 494 g/mol. The lowest BCUT2D eigenvalue weighted by Crippen LogP contribution is -2.55. The predicted octanol–water partition coefficient (Wildman–Crippen LogP) is 4.63. The maximum absolute atomic E-state index is 13.5. The molecule has 5 aliphatic rings. The molecule has 4 fully saturated rings. The van der Waals surface area contributed by atoms with Gasteiger partial charge in [0, 0.05) is 29.2 Å². The Hall–Kier alpha value is -0.920. The second-order valence-electron chi connectivity index (χ2n) is 10.2. The lowest BCUT2D eigenvalue weighted by atomic mass is 9.48. The molecule has 6 rings (SSSR count). The summed E-state index contributed by atoms with van der Waals surface area (Å²) in [5, 5.41) is 0. The summed E-state index contributed by atoms with van der Waals surface area (Å²) in [6.07, 6.45) is 8.69. The van der Waals surface area contributed by atoms with Crippen molar-refractivity contribution in [1.82, 2.24) is 4.72 Å². The number of carbonyl (C=O) groups excluding carboxylic acids is 1. The molecule has 1 heterocycles. The van der Waals surface area contributed by atoms with Crippen molar-refractivity contribution >= 4 is 37.5 Å². The van der Waals surface area contributed by atoms with Crippen molar-refractivity contribution in [1.29, 1.82) is 0 Å². The number of halogens is 1. The lowest BCUT2D eigenvalue weighted by molar-refractivity contribution is -0.118. The highest BCUT2D eigenvalue weighted by atomic mass is 79.9. The second-order valence-corrected chi connectivity index (χ2v) is 12.7. The van der Waals surface area contributed by atoms with Crippen molar-refractivity contribution in [2.45, 2.75) is 76.2 Å². The van der Waals surface area contributed by atoms with Gasteiger partial charge in [0.1, 0.15) is 0 Å². The average Bonchev–Trinajstić information content (AvgIpc) is 3.08.